The zero-order valence-electron chi connectivity index (χ0n) is 11.4. The fourth-order valence-corrected chi connectivity index (χ4v) is 2.55. The molecule has 0 aliphatic heterocycles. The van der Waals surface area contributed by atoms with Crippen molar-refractivity contribution in [1.82, 2.24) is 5.32 Å². The Kier molecular flexibility index (Phi) is 6.83. The summed E-state index contributed by atoms with van der Waals surface area (Å²) in [7, 11) is 0. The molecule has 0 fully saturated rings. The molecule has 19 heavy (non-hydrogen) atoms. The lowest BCUT2D eigenvalue weighted by Crippen LogP contribution is -2.33. The molecule has 0 bridgehead atoms. The van der Waals surface area contributed by atoms with E-state index in [0.717, 1.165) is 16.6 Å². The number of esters is 1. The van der Waals surface area contributed by atoms with Crippen molar-refractivity contribution >= 4 is 33.5 Å². The van der Waals surface area contributed by atoms with E-state index in [2.05, 4.69) is 35.1 Å². The molecule has 0 saturated carbocycles. The van der Waals surface area contributed by atoms with E-state index in [1.165, 1.54) is 0 Å². The number of benzene rings is 1. The van der Waals surface area contributed by atoms with Crippen LogP contribution in [0.5, 0.6) is 0 Å². The van der Waals surface area contributed by atoms with Crippen molar-refractivity contribution in [2.45, 2.75) is 26.8 Å². The van der Waals surface area contributed by atoms with E-state index < -0.39 is 6.04 Å². The molecule has 106 valence electrons. The molecule has 0 amide bonds. The number of ether oxygens (including phenoxy) is 1. The van der Waals surface area contributed by atoms with Crippen molar-refractivity contribution in [2.75, 3.05) is 13.2 Å². The third kappa shape index (κ3) is 5.13. The van der Waals surface area contributed by atoms with Crippen molar-refractivity contribution < 1.29 is 9.53 Å². The highest BCUT2D eigenvalue weighted by molar-refractivity contribution is 9.10. The average molecular weight is 349 g/mol. The summed E-state index contributed by atoms with van der Waals surface area (Å²) < 4.78 is 5.92. The molecule has 5 heteroatoms. The second kappa shape index (κ2) is 7.88. The maximum absolute atomic E-state index is 12.1. The van der Waals surface area contributed by atoms with Gasteiger partial charge >= 0.3 is 5.97 Å². The van der Waals surface area contributed by atoms with Crippen molar-refractivity contribution in [1.29, 1.82) is 0 Å². The van der Waals surface area contributed by atoms with Crippen LogP contribution in [0.2, 0.25) is 5.02 Å². The highest BCUT2D eigenvalue weighted by atomic mass is 79.9. The Morgan fingerprint density at radius 2 is 2.16 bits per heavy atom. The Morgan fingerprint density at radius 1 is 1.47 bits per heavy atom. The zero-order valence-corrected chi connectivity index (χ0v) is 13.7. The van der Waals surface area contributed by atoms with Gasteiger partial charge in [-0.3, -0.25) is 0 Å². The summed E-state index contributed by atoms with van der Waals surface area (Å²) in [5.74, 6) is 0.175. The molecule has 1 rings (SSSR count). The Balaban J connectivity index is 2.97. The van der Waals surface area contributed by atoms with Crippen molar-refractivity contribution in [3.05, 3.63) is 33.3 Å². The lowest BCUT2D eigenvalue weighted by atomic mass is 10.1. The monoisotopic (exact) mass is 347 g/mol. The van der Waals surface area contributed by atoms with E-state index in [-0.39, 0.29) is 5.97 Å². The molecule has 1 N–H and O–H groups in total. The molecule has 0 aromatic heterocycles. The number of hydrogen-bond acceptors (Lipinski definition) is 3. The van der Waals surface area contributed by atoms with Crippen molar-refractivity contribution in [3.63, 3.8) is 0 Å². The van der Waals surface area contributed by atoms with Gasteiger partial charge in [-0.15, -0.1) is 0 Å². The van der Waals surface area contributed by atoms with Gasteiger partial charge in [0.25, 0.3) is 0 Å². The quantitative estimate of drug-likeness (QED) is 0.791. The summed E-state index contributed by atoms with van der Waals surface area (Å²) >= 11 is 9.37. The molecule has 0 radical (unpaired) electrons. The Bertz CT molecular complexity index is 437. The van der Waals surface area contributed by atoms with Gasteiger partial charge in [-0.2, -0.15) is 0 Å². The highest BCUT2D eigenvalue weighted by Crippen LogP contribution is 2.27. The first kappa shape index (κ1) is 16.5. The van der Waals surface area contributed by atoms with Crippen LogP contribution in [0.15, 0.2) is 22.7 Å². The molecule has 0 aliphatic rings. The molecule has 1 atom stereocenters. The molecule has 0 aliphatic carbocycles. The summed E-state index contributed by atoms with van der Waals surface area (Å²) in [6.07, 6.45) is 0. The van der Waals surface area contributed by atoms with Gasteiger partial charge in [0, 0.05) is 9.50 Å². The zero-order chi connectivity index (χ0) is 14.4. The maximum atomic E-state index is 12.1. The normalized spacial score (nSPS) is 12.5. The Labute approximate surface area is 127 Å². The van der Waals surface area contributed by atoms with Gasteiger partial charge < -0.3 is 10.1 Å². The third-order valence-electron chi connectivity index (χ3n) is 2.53. The third-order valence-corrected chi connectivity index (χ3v) is 3.45. The van der Waals surface area contributed by atoms with Crippen LogP contribution in [0.25, 0.3) is 0 Å². The SMILES string of the molecule is CCOC(=O)C(NCC(C)C)c1ccc(Cl)cc1Br. The maximum Gasteiger partial charge on any atom is 0.327 e. The van der Waals surface area contributed by atoms with Crippen LogP contribution in [0.3, 0.4) is 0 Å². The lowest BCUT2D eigenvalue weighted by molar-refractivity contribution is -0.145. The van der Waals surface area contributed by atoms with Crippen LogP contribution in [0.1, 0.15) is 32.4 Å². The molecule has 0 heterocycles. The Morgan fingerprint density at radius 3 is 2.68 bits per heavy atom. The van der Waals surface area contributed by atoms with Crippen LogP contribution in [0.4, 0.5) is 0 Å². The van der Waals surface area contributed by atoms with Crippen LogP contribution in [0, 0.1) is 5.92 Å². The number of carbonyl (C=O) groups is 1. The smallest absolute Gasteiger partial charge is 0.327 e. The van der Waals surface area contributed by atoms with E-state index in [0.29, 0.717) is 17.5 Å². The predicted octanol–water partition coefficient (Wildman–Crippen LogP) is 3.95. The summed E-state index contributed by atoms with van der Waals surface area (Å²) in [5, 5.41) is 3.86. The lowest BCUT2D eigenvalue weighted by Gasteiger charge is -2.20. The molecule has 1 aromatic carbocycles. The van der Waals surface area contributed by atoms with E-state index >= 15 is 0 Å². The highest BCUT2D eigenvalue weighted by Gasteiger charge is 2.23. The van der Waals surface area contributed by atoms with Gasteiger partial charge in [-0.25, -0.2) is 4.79 Å². The van der Waals surface area contributed by atoms with Gasteiger partial charge in [0.05, 0.1) is 6.61 Å². The summed E-state index contributed by atoms with van der Waals surface area (Å²) in [6.45, 7) is 7.08. The number of hydrogen-bond donors (Lipinski definition) is 1. The molecule has 1 aromatic rings. The van der Waals surface area contributed by atoms with Gasteiger partial charge in [0.1, 0.15) is 6.04 Å². The standard InChI is InChI=1S/C14H19BrClNO2/c1-4-19-14(18)13(17-8-9(2)3)11-6-5-10(16)7-12(11)15/h5-7,9,13,17H,4,8H2,1-3H3. The topological polar surface area (TPSA) is 38.3 Å². The minimum Gasteiger partial charge on any atom is -0.465 e. The molecule has 0 spiro atoms. The van der Waals surface area contributed by atoms with Gasteiger partial charge in [-0.1, -0.05) is 47.4 Å². The van der Waals surface area contributed by atoms with Gasteiger partial charge in [-0.05, 0) is 37.1 Å². The molecule has 1 unspecified atom stereocenters. The molecular weight excluding hydrogens is 330 g/mol. The van der Waals surface area contributed by atoms with Gasteiger partial charge in [0.2, 0.25) is 0 Å². The summed E-state index contributed by atoms with van der Waals surface area (Å²) in [6, 6.07) is 4.90. The minimum absolute atomic E-state index is 0.272. The Hall–Kier alpha value is -0.580. The van der Waals surface area contributed by atoms with E-state index in [9.17, 15) is 4.79 Å². The fraction of sp³-hybridized carbons (Fsp3) is 0.500. The first-order chi connectivity index (χ1) is 8.95. The van der Waals surface area contributed by atoms with Crippen LogP contribution in [-0.4, -0.2) is 19.1 Å². The van der Waals surface area contributed by atoms with Crippen LogP contribution < -0.4 is 5.32 Å². The molecule has 3 nitrogen and oxygen atoms in total. The summed E-state index contributed by atoms with van der Waals surface area (Å²) in [5.41, 5.74) is 0.837. The largest absolute Gasteiger partial charge is 0.465 e. The predicted molar refractivity (Wildman–Crippen MR) is 81.4 cm³/mol. The average Bonchev–Trinajstić information content (AvgIpc) is 2.31. The van der Waals surface area contributed by atoms with E-state index in [4.69, 9.17) is 16.3 Å². The first-order valence-corrected chi connectivity index (χ1v) is 7.47. The van der Waals surface area contributed by atoms with E-state index in [1.807, 2.05) is 6.07 Å². The van der Waals surface area contributed by atoms with Crippen LogP contribution in [-0.2, 0) is 9.53 Å². The molecular formula is C14H19BrClNO2. The summed E-state index contributed by atoms with van der Waals surface area (Å²) in [4.78, 5) is 12.1. The minimum atomic E-state index is -0.478. The fourth-order valence-electron chi connectivity index (χ4n) is 1.64. The van der Waals surface area contributed by atoms with Crippen molar-refractivity contribution in [2.24, 2.45) is 5.92 Å². The van der Waals surface area contributed by atoms with E-state index in [1.54, 1.807) is 19.1 Å². The molecule has 0 saturated heterocycles. The number of halogens is 2. The second-order valence-electron chi connectivity index (χ2n) is 4.65. The second-order valence-corrected chi connectivity index (χ2v) is 5.94. The number of carbonyl (C=O) groups excluding carboxylic acids is 1. The van der Waals surface area contributed by atoms with Crippen molar-refractivity contribution in [3.8, 4) is 0 Å². The van der Waals surface area contributed by atoms with Crippen LogP contribution >= 0.6 is 27.5 Å². The number of rotatable bonds is 6. The first-order valence-electron chi connectivity index (χ1n) is 6.30. The number of nitrogens with one attached hydrogen (secondary N) is 1. The van der Waals surface area contributed by atoms with Gasteiger partial charge in [0.15, 0.2) is 0 Å².